The molecule has 1 aliphatic rings. The molecule has 0 amide bonds. The maximum absolute atomic E-state index is 12.2. The zero-order valence-corrected chi connectivity index (χ0v) is 13.1. The monoisotopic (exact) mass is 293 g/mol. The van der Waals surface area contributed by atoms with Crippen LogP contribution in [-0.2, 0) is 6.42 Å². The van der Waals surface area contributed by atoms with Crippen LogP contribution >= 0.6 is 0 Å². The number of nitrogen functional groups attached to an aromatic ring is 1. The second-order valence-corrected chi connectivity index (χ2v) is 5.66. The fraction of sp³-hybridized carbons (Fsp3) is 0.733. The third-order valence-corrected chi connectivity index (χ3v) is 4.04. The molecule has 1 atom stereocenters. The van der Waals surface area contributed by atoms with Crippen LogP contribution in [0.3, 0.4) is 0 Å². The highest BCUT2D eigenvalue weighted by molar-refractivity contribution is 5.38. The number of piperazine rings is 1. The molecule has 0 spiro atoms. The molecule has 1 unspecified atom stereocenters. The molecule has 1 aromatic rings. The molecule has 0 aromatic carbocycles. The maximum atomic E-state index is 12.2. The summed E-state index contributed by atoms with van der Waals surface area (Å²) in [5, 5.41) is 3.35. The molecule has 21 heavy (non-hydrogen) atoms. The van der Waals surface area contributed by atoms with Crippen molar-refractivity contribution in [1.29, 1.82) is 0 Å². The number of nitrogens with zero attached hydrogens (tertiary/aromatic N) is 2. The van der Waals surface area contributed by atoms with Gasteiger partial charge in [-0.2, -0.15) is 0 Å². The van der Waals surface area contributed by atoms with Gasteiger partial charge in [-0.3, -0.25) is 9.69 Å². The molecule has 118 valence electrons. The predicted molar refractivity (Wildman–Crippen MR) is 85.4 cm³/mol. The van der Waals surface area contributed by atoms with Crippen molar-refractivity contribution in [3.8, 4) is 0 Å². The zero-order valence-electron chi connectivity index (χ0n) is 13.1. The normalized spacial score (nSPS) is 17.8. The van der Waals surface area contributed by atoms with Crippen LogP contribution in [0.5, 0.6) is 0 Å². The third-order valence-electron chi connectivity index (χ3n) is 4.04. The van der Waals surface area contributed by atoms with Gasteiger partial charge in [0.1, 0.15) is 11.6 Å². The first kappa shape index (κ1) is 16.0. The van der Waals surface area contributed by atoms with E-state index in [2.05, 4.69) is 27.1 Å². The molecule has 0 radical (unpaired) electrons. The van der Waals surface area contributed by atoms with Crippen molar-refractivity contribution in [3.63, 3.8) is 0 Å². The van der Waals surface area contributed by atoms with E-state index in [0.717, 1.165) is 51.3 Å². The van der Waals surface area contributed by atoms with E-state index in [-0.39, 0.29) is 11.6 Å². The summed E-state index contributed by atoms with van der Waals surface area (Å²) in [4.78, 5) is 22.1. The summed E-state index contributed by atoms with van der Waals surface area (Å²) in [6.45, 7) is 8.10. The van der Waals surface area contributed by atoms with Crippen LogP contribution in [-0.4, -0.2) is 41.0 Å². The van der Waals surface area contributed by atoms with Gasteiger partial charge in [0.05, 0.1) is 11.6 Å². The maximum Gasteiger partial charge on any atom is 0.256 e. The number of H-pyrrole nitrogens is 1. The van der Waals surface area contributed by atoms with Gasteiger partial charge in [-0.1, -0.05) is 26.7 Å². The van der Waals surface area contributed by atoms with Crippen LogP contribution in [0.2, 0.25) is 0 Å². The molecule has 2 rings (SSSR count). The van der Waals surface area contributed by atoms with Crippen molar-refractivity contribution < 1.29 is 0 Å². The Morgan fingerprint density at radius 3 is 2.57 bits per heavy atom. The highest BCUT2D eigenvalue weighted by Crippen LogP contribution is 2.23. The number of anilines is 1. The predicted octanol–water partition coefficient (Wildman–Crippen LogP) is 1.05. The van der Waals surface area contributed by atoms with Crippen molar-refractivity contribution in [3.05, 3.63) is 21.7 Å². The third kappa shape index (κ3) is 3.83. The number of aromatic amines is 1. The van der Waals surface area contributed by atoms with E-state index < -0.39 is 0 Å². The Bertz CT molecular complexity index is 507. The number of aromatic nitrogens is 2. The number of hydrogen-bond acceptors (Lipinski definition) is 5. The van der Waals surface area contributed by atoms with E-state index >= 15 is 0 Å². The number of rotatable bonds is 6. The van der Waals surface area contributed by atoms with Gasteiger partial charge in [0.2, 0.25) is 0 Å². The van der Waals surface area contributed by atoms with Crippen molar-refractivity contribution >= 4 is 5.82 Å². The van der Waals surface area contributed by atoms with E-state index in [1.807, 2.05) is 6.92 Å². The minimum absolute atomic E-state index is 0.0735. The molecule has 2 heterocycles. The molecule has 0 aliphatic carbocycles. The second kappa shape index (κ2) is 7.56. The van der Waals surface area contributed by atoms with E-state index in [0.29, 0.717) is 17.8 Å². The lowest BCUT2D eigenvalue weighted by Gasteiger charge is -2.34. The Hall–Kier alpha value is -1.40. The van der Waals surface area contributed by atoms with Crippen molar-refractivity contribution in [2.75, 3.05) is 31.9 Å². The standard InChI is InChI=1S/C15H27N5O/c1-3-5-11-13(16)18-14(19-15(11)21)12(6-4-2)20-9-7-17-8-10-20/h12,17H,3-10H2,1-2H3,(H3,16,18,19,21). The Morgan fingerprint density at radius 2 is 2.00 bits per heavy atom. The molecular weight excluding hydrogens is 266 g/mol. The molecular formula is C15H27N5O. The topological polar surface area (TPSA) is 87.0 Å². The largest absolute Gasteiger partial charge is 0.383 e. The minimum atomic E-state index is -0.0735. The van der Waals surface area contributed by atoms with Gasteiger partial charge >= 0.3 is 0 Å². The summed E-state index contributed by atoms with van der Waals surface area (Å²) in [5.74, 6) is 1.12. The number of nitrogens with one attached hydrogen (secondary N) is 2. The van der Waals surface area contributed by atoms with Gasteiger partial charge in [0, 0.05) is 26.2 Å². The van der Waals surface area contributed by atoms with Crippen LogP contribution in [0.4, 0.5) is 5.82 Å². The first-order valence-electron chi connectivity index (χ1n) is 8.00. The Balaban J connectivity index is 2.29. The summed E-state index contributed by atoms with van der Waals surface area (Å²) >= 11 is 0. The highest BCUT2D eigenvalue weighted by atomic mass is 16.1. The lowest BCUT2D eigenvalue weighted by atomic mass is 10.1. The van der Waals surface area contributed by atoms with Crippen LogP contribution in [0.15, 0.2) is 4.79 Å². The molecule has 1 aromatic heterocycles. The summed E-state index contributed by atoms with van der Waals surface area (Å²) in [6.07, 6.45) is 3.61. The van der Waals surface area contributed by atoms with E-state index in [1.54, 1.807) is 0 Å². The lowest BCUT2D eigenvalue weighted by Crippen LogP contribution is -2.45. The number of hydrogen-bond donors (Lipinski definition) is 3. The fourth-order valence-corrected chi connectivity index (χ4v) is 2.94. The molecule has 6 nitrogen and oxygen atoms in total. The van der Waals surface area contributed by atoms with Crippen molar-refractivity contribution in [2.24, 2.45) is 0 Å². The molecule has 0 bridgehead atoms. The van der Waals surface area contributed by atoms with Gasteiger partial charge in [0.15, 0.2) is 0 Å². The first-order valence-corrected chi connectivity index (χ1v) is 8.00. The van der Waals surface area contributed by atoms with Crippen molar-refractivity contribution in [2.45, 2.75) is 45.6 Å². The summed E-state index contributed by atoms with van der Waals surface area (Å²) in [5.41, 5.74) is 6.56. The Morgan fingerprint density at radius 1 is 1.29 bits per heavy atom. The highest BCUT2D eigenvalue weighted by Gasteiger charge is 2.24. The second-order valence-electron chi connectivity index (χ2n) is 5.66. The van der Waals surface area contributed by atoms with Crippen LogP contribution < -0.4 is 16.6 Å². The zero-order chi connectivity index (χ0) is 15.2. The van der Waals surface area contributed by atoms with Gasteiger partial charge in [-0.05, 0) is 12.8 Å². The molecule has 0 saturated carbocycles. The van der Waals surface area contributed by atoms with Crippen LogP contribution in [0, 0.1) is 0 Å². The summed E-state index contributed by atoms with van der Waals surface area (Å²) in [7, 11) is 0. The molecule has 1 aliphatic heterocycles. The SMILES string of the molecule is CCCc1c(N)nc(C(CCC)N2CCNCC2)[nH]c1=O. The first-order chi connectivity index (χ1) is 10.2. The fourth-order valence-electron chi connectivity index (χ4n) is 2.94. The molecule has 1 fully saturated rings. The van der Waals surface area contributed by atoms with Crippen LogP contribution in [0.25, 0.3) is 0 Å². The Kier molecular flexibility index (Phi) is 5.76. The average Bonchev–Trinajstić information content (AvgIpc) is 2.49. The molecule has 1 saturated heterocycles. The van der Waals surface area contributed by atoms with Crippen molar-refractivity contribution in [1.82, 2.24) is 20.2 Å². The minimum Gasteiger partial charge on any atom is -0.383 e. The van der Waals surface area contributed by atoms with E-state index in [9.17, 15) is 4.79 Å². The van der Waals surface area contributed by atoms with Gasteiger partial charge in [-0.15, -0.1) is 0 Å². The van der Waals surface area contributed by atoms with Gasteiger partial charge in [0.25, 0.3) is 5.56 Å². The quantitative estimate of drug-likeness (QED) is 0.730. The average molecular weight is 293 g/mol. The smallest absolute Gasteiger partial charge is 0.256 e. The molecule has 6 heteroatoms. The summed E-state index contributed by atoms with van der Waals surface area (Å²) < 4.78 is 0. The van der Waals surface area contributed by atoms with Crippen LogP contribution in [0.1, 0.15) is 50.5 Å². The Labute approximate surface area is 126 Å². The van der Waals surface area contributed by atoms with E-state index in [1.165, 1.54) is 0 Å². The lowest BCUT2D eigenvalue weighted by molar-refractivity contribution is 0.158. The van der Waals surface area contributed by atoms with Gasteiger partial charge in [-0.25, -0.2) is 4.98 Å². The van der Waals surface area contributed by atoms with Gasteiger partial charge < -0.3 is 16.0 Å². The molecule has 4 N–H and O–H groups in total. The van der Waals surface area contributed by atoms with E-state index in [4.69, 9.17) is 5.73 Å². The number of nitrogens with two attached hydrogens (primary N) is 1. The summed E-state index contributed by atoms with van der Waals surface area (Å²) in [6, 6.07) is 0.155.